The quantitative estimate of drug-likeness (QED) is 0.801. The van der Waals surface area contributed by atoms with Crippen molar-refractivity contribution < 1.29 is 4.79 Å². The van der Waals surface area contributed by atoms with E-state index >= 15 is 0 Å². The molecule has 0 aromatic heterocycles. The number of nitrogens with zero attached hydrogens (tertiary/aromatic N) is 3. The van der Waals surface area contributed by atoms with Gasteiger partial charge < -0.3 is 14.7 Å². The first kappa shape index (κ1) is 16.1. The summed E-state index contributed by atoms with van der Waals surface area (Å²) in [7, 11) is 0. The Balaban J connectivity index is 1.37. The van der Waals surface area contributed by atoms with Crippen LogP contribution in [-0.2, 0) is 0 Å². The van der Waals surface area contributed by atoms with Gasteiger partial charge in [-0.1, -0.05) is 13.8 Å². The Kier molecular flexibility index (Phi) is 4.67. The smallest absolute Gasteiger partial charge is 0.320 e. The van der Waals surface area contributed by atoms with Crippen molar-refractivity contribution in [3.8, 4) is 0 Å². The highest BCUT2D eigenvalue weighted by atomic mass is 16.2. The van der Waals surface area contributed by atoms with E-state index in [2.05, 4.69) is 37.5 Å². The van der Waals surface area contributed by atoms with Crippen molar-refractivity contribution in [3.63, 3.8) is 0 Å². The fourth-order valence-electron chi connectivity index (χ4n) is 4.16. The first-order valence-electron chi connectivity index (χ1n) is 9.23. The van der Waals surface area contributed by atoms with Crippen molar-refractivity contribution in [1.82, 2.24) is 14.7 Å². The van der Waals surface area contributed by atoms with Crippen LogP contribution in [-0.4, -0.2) is 66.0 Å². The summed E-state index contributed by atoms with van der Waals surface area (Å²) in [4.78, 5) is 19.1. The van der Waals surface area contributed by atoms with Crippen molar-refractivity contribution in [1.29, 1.82) is 0 Å². The highest BCUT2D eigenvalue weighted by molar-refractivity contribution is 5.76. The second kappa shape index (κ2) is 6.38. The number of hydrogen-bond acceptors (Lipinski definition) is 2. The van der Waals surface area contributed by atoms with Gasteiger partial charge in [-0.05, 0) is 63.5 Å². The summed E-state index contributed by atoms with van der Waals surface area (Å²) in [6, 6.07) is 0.980. The van der Waals surface area contributed by atoms with Crippen molar-refractivity contribution in [2.75, 3.05) is 39.3 Å². The molecule has 3 aliphatic heterocycles. The number of piperidine rings is 1. The molecule has 0 unspecified atom stereocenters. The van der Waals surface area contributed by atoms with E-state index in [1.54, 1.807) is 0 Å². The third-order valence-electron chi connectivity index (χ3n) is 6.27. The first-order chi connectivity index (χ1) is 10.5. The molecule has 22 heavy (non-hydrogen) atoms. The highest BCUT2D eigenvalue weighted by Crippen LogP contribution is 2.34. The van der Waals surface area contributed by atoms with Crippen LogP contribution in [0.15, 0.2) is 0 Å². The van der Waals surface area contributed by atoms with Crippen LogP contribution in [0.25, 0.3) is 0 Å². The topological polar surface area (TPSA) is 26.8 Å². The Morgan fingerprint density at radius 3 is 1.91 bits per heavy atom. The Labute approximate surface area is 135 Å². The lowest BCUT2D eigenvalue weighted by Gasteiger charge is -2.50. The third kappa shape index (κ3) is 3.12. The SMILES string of the molecule is CC(C)C1CN(C(=O)N2CC(C3CCN(C(C)C)CC3)C2)C1. The monoisotopic (exact) mass is 307 g/mol. The summed E-state index contributed by atoms with van der Waals surface area (Å²) in [5.74, 6) is 3.04. The fraction of sp³-hybridized carbons (Fsp3) is 0.944. The fourth-order valence-corrected chi connectivity index (χ4v) is 4.16. The van der Waals surface area contributed by atoms with E-state index < -0.39 is 0 Å². The average molecular weight is 307 g/mol. The predicted octanol–water partition coefficient (Wildman–Crippen LogP) is 2.75. The molecule has 0 radical (unpaired) electrons. The number of carbonyl (C=O) groups is 1. The molecule has 3 heterocycles. The van der Waals surface area contributed by atoms with Crippen LogP contribution >= 0.6 is 0 Å². The van der Waals surface area contributed by atoms with E-state index in [1.165, 1.54) is 25.9 Å². The van der Waals surface area contributed by atoms with E-state index in [-0.39, 0.29) is 0 Å². The third-order valence-corrected chi connectivity index (χ3v) is 6.27. The molecule has 0 aromatic rings. The van der Waals surface area contributed by atoms with Gasteiger partial charge in [0.15, 0.2) is 0 Å². The van der Waals surface area contributed by atoms with Crippen molar-refractivity contribution >= 4 is 6.03 Å². The lowest BCUT2D eigenvalue weighted by molar-refractivity contribution is 0.0115. The van der Waals surface area contributed by atoms with Crippen LogP contribution in [0.5, 0.6) is 0 Å². The maximum atomic E-state index is 12.4. The van der Waals surface area contributed by atoms with Crippen LogP contribution in [0.2, 0.25) is 0 Å². The average Bonchev–Trinajstić information content (AvgIpc) is 2.35. The van der Waals surface area contributed by atoms with Gasteiger partial charge in [-0.25, -0.2) is 4.79 Å². The van der Waals surface area contributed by atoms with Gasteiger partial charge >= 0.3 is 6.03 Å². The largest absolute Gasteiger partial charge is 0.324 e. The molecule has 3 fully saturated rings. The molecule has 0 bridgehead atoms. The minimum Gasteiger partial charge on any atom is -0.324 e. The Morgan fingerprint density at radius 2 is 1.41 bits per heavy atom. The Hall–Kier alpha value is -0.770. The number of likely N-dealkylation sites (tertiary alicyclic amines) is 3. The van der Waals surface area contributed by atoms with Crippen LogP contribution in [0.4, 0.5) is 4.79 Å². The van der Waals surface area contributed by atoms with E-state index in [0.29, 0.717) is 18.0 Å². The molecule has 0 aromatic carbocycles. The zero-order valence-corrected chi connectivity index (χ0v) is 14.8. The highest BCUT2D eigenvalue weighted by Gasteiger charge is 2.42. The number of rotatable bonds is 3. The summed E-state index contributed by atoms with van der Waals surface area (Å²) >= 11 is 0. The molecule has 0 saturated carbocycles. The molecule has 3 saturated heterocycles. The molecule has 4 nitrogen and oxygen atoms in total. The minimum absolute atomic E-state index is 0.299. The van der Waals surface area contributed by atoms with Gasteiger partial charge in [0.05, 0.1) is 0 Å². The van der Waals surface area contributed by atoms with Gasteiger partial charge in [0, 0.05) is 32.2 Å². The standard InChI is InChI=1S/C18H33N3O/c1-13(2)16-9-20(10-16)18(22)21-11-17(12-21)15-5-7-19(8-6-15)14(3)4/h13-17H,5-12H2,1-4H3. The van der Waals surface area contributed by atoms with Crippen molar-refractivity contribution in [3.05, 3.63) is 0 Å². The van der Waals surface area contributed by atoms with E-state index in [0.717, 1.165) is 43.9 Å². The van der Waals surface area contributed by atoms with Crippen molar-refractivity contribution in [2.24, 2.45) is 23.7 Å². The molecular weight excluding hydrogens is 274 g/mol. The maximum Gasteiger partial charge on any atom is 0.320 e. The lowest BCUT2D eigenvalue weighted by atomic mass is 9.79. The number of carbonyl (C=O) groups excluding carboxylic acids is 1. The summed E-state index contributed by atoms with van der Waals surface area (Å²) in [5, 5.41) is 0. The molecule has 4 heteroatoms. The van der Waals surface area contributed by atoms with Crippen molar-refractivity contribution in [2.45, 2.75) is 46.6 Å². The summed E-state index contributed by atoms with van der Waals surface area (Å²) in [6.45, 7) is 15.6. The molecule has 0 spiro atoms. The zero-order chi connectivity index (χ0) is 15.9. The van der Waals surface area contributed by atoms with E-state index in [9.17, 15) is 4.79 Å². The summed E-state index contributed by atoms with van der Waals surface area (Å²) in [6.07, 6.45) is 2.65. The number of urea groups is 1. The van der Waals surface area contributed by atoms with Gasteiger partial charge in [-0.3, -0.25) is 0 Å². The van der Waals surface area contributed by atoms with Crippen LogP contribution < -0.4 is 0 Å². The van der Waals surface area contributed by atoms with Gasteiger partial charge in [0.2, 0.25) is 0 Å². The first-order valence-corrected chi connectivity index (χ1v) is 9.23. The molecule has 2 amide bonds. The molecule has 0 atom stereocenters. The molecule has 3 rings (SSSR count). The molecule has 0 aliphatic carbocycles. The summed E-state index contributed by atoms with van der Waals surface area (Å²) in [5.41, 5.74) is 0. The van der Waals surface area contributed by atoms with Gasteiger partial charge in [-0.2, -0.15) is 0 Å². The lowest BCUT2D eigenvalue weighted by Crippen LogP contribution is -2.62. The number of amides is 2. The van der Waals surface area contributed by atoms with Crippen LogP contribution in [0.1, 0.15) is 40.5 Å². The molecular formula is C18H33N3O. The van der Waals surface area contributed by atoms with Gasteiger partial charge in [0.25, 0.3) is 0 Å². The molecule has 126 valence electrons. The van der Waals surface area contributed by atoms with Crippen LogP contribution in [0, 0.1) is 23.7 Å². The molecule has 0 N–H and O–H groups in total. The normalized spacial score (nSPS) is 25.7. The van der Waals surface area contributed by atoms with Gasteiger partial charge in [0.1, 0.15) is 0 Å². The second-order valence-corrected chi connectivity index (χ2v) is 8.32. The zero-order valence-electron chi connectivity index (χ0n) is 14.8. The van der Waals surface area contributed by atoms with E-state index in [4.69, 9.17) is 0 Å². The predicted molar refractivity (Wildman–Crippen MR) is 89.8 cm³/mol. The molecule has 3 aliphatic rings. The van der Waals surface area contributed by atoms with E-state index in [1.807, 2.05) is 4.90 Å². The number of hydrogen-bond donors (Lipinski definition) is 0. The Morgan fingerprint density at radius 1 is 0.864 bits per heavy atom. The minimum atomic E-state index is 0.299. The maximum absolute atomic E-state index is 12.4. The summed E-state index contributed by atoms with van der Waals surface area (Å²) < 4.78 is 0. The second-order valence-electron chi connectivity index (χ2n) is 8.32. The van der Waals surface area contributed by atoms with Crippen LogP contribution in [0.3, 0.4) is 0 Å². The van der Waals surface area contributed by atoms with Gasteiger partial charge in [-0.15, -0.1) is 0 Å². The Bertz CT molecular complexity index is 389.